The average Bonchev–Trinajstić information content (AvgIpc) is 2.97. The molecule has 9 heteroatoms. The van der Waals surface area contributed by atoms with Gasteiger partial charge in [-0.05, 0) is 50.1 Å². The fraction of sp³-hybridized carbons (Fsp3) is 0.368. The van der Waals surface area contributed by atoms with Crippen molar-refractivity contribution in [2.45, 2.75) is 32.0 Å². The highest BCUT2D eigenvalue weighted by molar-refractivity contribution is 6.31. The molecule has 0 aliphatic carbocycles. The fourth-order valence-corrected chi connectivity index (χ4v) is 3.91. The number of hydrogen-bond acceptors (Lipinski definition) is 3. The summed E-state index contributed by atoms with van der Waals surface area (Å²) < 4.78 is 54.7. The Kier molecular flexibility index (Phi) is 4.69. The van der Waals surface area contributed by atoms with E-state index in [0.29, 0.717) is 25.9 Å². The predicted octanol–water partition coefficient (Wildman–Crippen LogP) is 5.39. The maximum atomic E-state index is 13.7. The zero-order valence-corrected chi connectivity index (χ0v) is 15.7. The molecule has 4 rings (SSSR count). The van der Waals surface area contributed by atoms with Gasteiger partial charge in [0, 0.05) is 18.5 Å². The van der Waals surface area contributed by atoms with Crippen LogP contribution in [0.5, 0.6) is 0 Å². The number of aromatic nitrogens is 3. The van der Waals surface area contributed by atoms with Gasteiger partial charge in [-0.2, -0.15) is 18.3 Å². The number of fused-ring (bicyclic) bond motifs is 1. The molecule has 1 aliphatic rings. The second-order valence-corrected chi connectivity index (χ2v) is 7.31. The molecule has 0 radical (unpaired) electrons. The van der Waals surface area contributed by atoms with Crippen LogP contribution in [0.2, 0.25) is 5.02 Å². The summed E-state index contributed by atoms with van der Waals surface area (Å²) >= 11 is 5.65. The van der Waals surface area contributed by atoms with Crippen molar-refractivity contribution in [3.63, 3.8) is 0 Å². The second-order valence-electron chi connectivity index (χ2n) is 6.91. The molecule has 28 heavy (non-hydrogen) atoms. The van der Waals surface area contributed by atoms with Crippen LogP contribution in [0.15, 0.2) is 30.3 Å². The number of pyridine rings is 1. The van der Waals surface area contributed by atoms with Gasteiger partial charge in [-0.1, -0.05) is 11.6 Å². The van der Waals surface area contributed by atoms with Crippen molar-refractivity contribution in [2.24, 2.45) is 0 Å². The lowest BCUT2D eigenvalue weighted by Crippen LogP contribution is -2.35. The van der Waals surface area contributed by atoms with Gasteiger partial charge in [-0.15, -0.1) is 0 Å². The number of anilines is 1. The van der Waals surface area contributed by atoms with E-state index in [4.69, 9.17) is 11.6 Å². The molecule has 0 spiro atoms. The topological polar surface area (TPSA) is 34.0 Å². The Labute approximate surface area is 163 Å². The molecule has 1 fully saturated rings. The van der Waals surface area contributed by atoms with Gasteiger partial charge in [-0.25, -0.2) is 9.37 Å². The summed E-state index contributed by atoms with van der Waals surface area (Å²) in [6, 6.07) is 7.37. The van der Waals surface area contributed by atoms with Gasteiger partial charge in [0.15, 0.2) is 5.69 Å². The number of piperidine rings is 1. The van der Waals surface area contributed by atoms with Crippen molar-refractivity contribution < 1.29 is 17.6 Å². The highest BCUT2D eigenvalue weighted by Gasteiger charge is 2.36. The Balaban J connectivity index is 1.55. The summed E-state index contributed by atoms with van der Waals surface area (Å²) in [5.74, 6) is -0.0705. The second kappa shape index (κ2) is 6.92. The van der Waals surface area contributed by atoms with Crippen molar-refractivity contribution in [1.29, 1.82) is 0 Å². The molecule has 148 valence electrons. The van der Waals surface area contributed by atoms with E-state index in [-0.39, 0.29) is 17.7 Å². The largest absolute Gasteiger partial charge is 0.434 e. The molecule has 3 heterocycles. The van der Waals surface area contributed by atoms with Gasteiger partial charge >= 0.3 is 6.18 Å². The number of halogens is 5. The van der Waals surface area contributed by atoms with Gasteiger partial charge in [0.05, 0.1) is 22.3 Å². The van der Waals surface area contributed by atoms with Crippen LogP contribution in [0.25, 0.3) is 10.9 Å². The quantitative estimate of drug-likeness (QED) is 0.529. The highest BCUT2D eigenvalue weighted by atomic mass is 35.5. The number of hydrogen-bond donors (Lipinski definition) is 0. The summed E-state index contributed by atoms with van der Waals surface area (Å²) in [6.07, 6.45) is -3.27. The van der Waals surface area contributed by atoms with Gasteiger partial charge in [0.25, 0.3) is 0 Å². The lowest BCUT2D eigenvalue weighted by Gasteiger charge is -2.33. The van der Waals surface area contributed by atoms with E-state index in [2.05, 4.69) is 10.1 Å². The molecule has 3 aromatic rings. The van der Waals surface area contributed by atoms with Crippen LogP contribution >= 0.6 is 11.6 Å². The van der Waals surface area contributed by atoms with Gasteiger partial charge in [0.1, 0.15) is 11.6 Å². The highest BCUT2D eigenvalue weighted by Crippen LogP contribution is 2.35. The van der Waals surface area contributed by atoms with Crippen LogP contribution in [0.1, 0.15) is 30.3 Å². The molecule has 0 bridgehead atoms. The number of nitrogens with zero attached hydrogens (tertiary/aromatic N) is 4. The van der Waals surface area contributed by atoms with Crippen molar-refractivity contribution >= 4 is 28.3 Å². The van der Waals surface area contributed by atoms with E-state index < -0.39 is 16.9 Å². The van der Waals surface area contributed by atoms with Crippen LogP contribution in [0.4, 0.5) is 23.4 Å². The van der Waals surface area contributed by atoms with Crippen LogP contribution in [-0.4, -0.2) is 27.9 Å². The lowest BCUT2D eigenvalue weighted by atomic mass is 10.0. The molecule has 2 aromatic heterocycles. The number of benzene rings is 1. The third kappa shape index (κ3) is 3.41. The van der Waals surface area contributed by atoms with Crippen LogP contribution in [0, 0.1) is 12.7 Å². The average molecular weight is 413 g/mol. The van der Waals surface area contributed by atoms with E-state index in [0.717, 1.165) is 16.6 Å². The Bertz CT molecular complexity index is 1020. The Morgan fingerprint density at radius 2 is 1.82 bits per heavy atom. The number of alkyl halides is 3. The minimum Gasteiger partial charge on any atom is -0.356 e. The molecular weight excluding hydrogens is 396 g/mol. The first kappa shape index (κ1) is 19.0. The summed E-state index contributed by atoms with van der Waals surface area (Å²) in [5, 5.41) is 5.05. The summed E-state index contributed by atoms with van der Waals surface area (Å²) in [6.45, 7) is 2.92. The molecule has 1 aliphatic heterocycles. The molecule has 0 N–H and O–H groups in total. The first-order valence-corrected chi connectivity index (χ1v) is 9.25. The standard InChI is InChI=1S/C19H17ClF4N4/c1-11-14-3-2-12(21)10-16(14)28(26-11)13-6-8-27(9-7-13)17-5-4-15(20)18(25-17)19(22,23)24/h2-5,10,13H,6-9H2,1H3. The predicted molar refractivity (Wildman–Crippen MR) is 99.2 cm³/mol. The van der Waals surface area contributed by atoms with Gasteiger partial charge in [0.2, 0.25) is 0 Å². The maximum Gasteiger partial charge on any atom is 0.434 e. The Morgan fingerprint density at radius 1 is 1.11 bits per heavy atom. The zero-order chi connectivity index (χ0) is 20.1. The molecule has 1 aromatic carbocycles. The molecule has 1 saturated heterocycles. The lowest BCUT2D eigenvalue weighted by molar-refractivity contribution is -0.141. The van der Waals surface area contributed by atoms with E-state index in [9.17, 15) is 17.6 Å². The minimum atomic E-state index is -4.60. The molecule has 0 amide bonds. The first-order chi connectivity index (χ1) is 13.2. The number of aryl methyl sites for hydroxylation is 1. The smallest absolute Gasteiger partial charge is 0.356 e. The number of rotatable bonds is 2. The molecule has 4 nitrogen and oxygen atoms in total. The van der Waals surface area contributed by atoms with Crippen molar-refractivity contribution in [2.75, 3.05) is 18.0 Å². The molecular formula is C19H17ClF4N4. The summed E-state index contributed by atoms with van der Waals surface area (Å²) in [4.78, 5) is 5.53. The third-order valence-electron chi connectivity index (χ3n) is 5.09. The summed E-state index contributed by atoms with van der Waals surface area (Å²) in [7, 11) is 0. The maximum absolute atomic E-state index is 13.7. The van der Waals surface area contributed by atoms with Crippen LogP contribution in [0.3, 0.4) is 0 Å². The fourth-order valence-electron chi connectivity index (χ4n) is 3.69. The first-order valence-electron chi connectivity index (χ1n) is 8.87. The monoisotopic (exact) mass is 412 g/mol. The van der Waals surface area contributed by atoms with Gasteiger partial charge < -0.3 is 4.90 Å². The minimum absolute atomic E-state index is 0.0450. The van der Waals surface area contributed by atoms with Crippen molar-refractivity contribution in [3.8, 4) is 0 Å². The Hall–Kier alpha value is -2.35. The third-order valence-corrected chi connectivity index (χ3v) is 5.39. The summed E-state index contributed by atoms with van der Waals surface area (Å²) in [5.41, 5.74) is 0.490. The van der Waals surface area contributed by atoms with E-state index in [1.54, 1.807) is 11.0 Å². The van der Waals surface area contributed by atoms with Crippen LogP contribution < -0.4 is 4.90 Å². The molecule has 0 atom stereocenters. The van der Waals surface area contributed by atoms with Crippen molar-refractivity contribution in [1.82, 2.24) is 14.8 Å². The van der Waals surface area contributed by atoms with Crippen LogP contribution in [-0.2, 0) is 6.18 Å². The van der Waals surface area contributed by atoms with E-state index in [1.165, 1.54) is 24.3 Å². The SMILES string of the molecule is Cc1nn(C2CCN(c3ccc(Cl)c(C(F)(F)F)n3)CC2)c2cc(F)ccc12. The molecule has 0 saturated carbocycles. The van der Waals surface area contributed by atoms with Gasteiger partial charge in [-0.3, -0.25) is 4.68 Å². The molecule has 0 unspecified atom stereocenters. The van der Waals surface area contributed by atoms with Crippen molar-refractivity contribution in [3.05, 3.63) is 52.6 Å². The normalized spacial score (nSPS) is 16.1. The zero-order valence-electron chi connectivity index (χ0n) is 15.0. The Morgan fingerprint density at radius 3 is 2.50 bits per heavy atom. The van der Waals surface area contributed by atoms with E-state index in [1.807, 2.05) is 11.6 Å². The van der Waals surface area contributed by atoms with E-state index >= 15 is 0 Å².